The minimum Gasteiger partial charge on any atom is -0.491 e. The van der Waals surface area contributed by atoms with E-state index in [-0.39, 0.29) is 6.10 Å². The number of hydrogen-bond acceptors (Lipinski definition) is 4. The summed E-state index contributed by atoms with van der Waals surface area (Å²) in [5, 5.41) is 12.2. The molecule has 1 aromatic carbocycles. The van der Waals surface area contributed by atoms with Crippen LogP contribution in [0.2, 0.25) is 0 Å². The van der Waals surface area contributed by atoms with Gasteiger partial charge in [0.2, 0.25) is 0 Å². The fourth-order valence-electron chi connectivity index (χ4n) is 1.90. The number of nitriles is 1. The van der Waals surface area contributed by atoms with Crippen molar-refractivity contribution in [1.29, 1.82) is 5.26 Å². The molecule has 0 amide bonds. The van der Waals surface area contributed by atoms with Crippen molar-refractivity contribution in [3.8, 4) is 11.8 Å². The van der Waals surface area contributed by atoms with Gasteiger partial charge in [0.15, 0.2) is 0 Å². The normalized spacial score (nSPS) is 10.3. The van der Waals surface area contributed by atoms with Crippen molar-refractivity contribution in [2.75, 3.05) is 5.32 Å². The second-order valence-corrected chi connectivity index (χ2v) is 6.04. The minimum atomic E-state index is 0.184. The number of nitrogens with one attached hydrogen (secondary N) is 1. The van der Waals surface area contributed by atoms with E-state index in [1.165, 1.54) is 11.3 Å². The Morgan fingerprint density at radius 2 is 2.10 bits per heavy atom. The zero-order valence-electron chi connectivity index (χ0n) is 11.9. The molecule has 2 aromatic rings. The van der Waals surface area contributed by atoms with Gasteiger partial charge in [0, 0.05) is 17.1 Å². The van der Waals surface area contributed by atoms with Crippen molar-refractivity contribution in [2.24, 2.45) is 0 Å². The Hall–Kier alpha value is -1.99. The lowest BCUT2D eigenvalue weighted by Gasteiger charge is -2.13. The molecule has 0 aliphatic carbocycles. The Bertz CT molecular complexity index is 626. The predicted molar refractivity (Wildman–Crippen MR) is 83.3 cm³/mol. The first kappa shape index (κ1) is 14.4. The monoisotopic (exact) mass is 286 g/mol. The lowest BCUT2D eigenvalue weighted by molar-refractivity contribution is 0.242. The maximum Gasteiger partial charge on any atom is 0.120 e. The molecule has 0 saturated heterocycles. The number of rotatable bonds is 5. The third kappa shape index (κ3) is 3.75. The fourth-order valence-corrected chi connectivity index (χ4v) is 2.64. The molecule has 0 atom stereocenters. The summed E-state index contributed by atoms with van der Waals surface area (Å²) in [5.41, 5.74) is 2.24. The highest BCUT2D eigenvalue weighted by atomic mass is 32.1. The van der Waals surface area contributed by atoms with E-state index < -0.39 is 0 Å². The van der Waals surface area contributed by atoms with Gasteiger partial charge < -0.3 is 10.1 Å². The van der Waals surface area contributed by atoms with Crippen molar-refractivity contribution < 1.29 is 4.74 Å². The number of thiophene rings is 1. The molecular weight excluding hydrogens is 268 g/mol. The summed E-state index contributed by atoms with van der Waals surface area (Å²) in [6.45, 7) is 6.83. The molecule has 0 aliphatic heterocycles. The summed E-state index contributed by atoms with van der Waals surface area (Å²) in [6.07, 6.45) is 0.184. The molecule has 1 aromatic heterocycles. The van der Waals surface area contributed by atoms with Crippen LogP contribution in [0.15, 0.2) is 30.3 Å². The highest BCUT2D eigenvalue weighted by Gasteiger charge is 2.04. The van der Waals surface area contributed by atoms with E-state index in [1.807, 2.05) is 44.2 Å². The summed E-state index contributed by atoms with van der Waals surface area (Å²) in [5.74, 6) is 0.894. The average molecular weight is 286 g/mol. The number of nitrogens with zero attached hydrogens (tertiary/aromatic N) is 1. The van der Waals surface area contributed by atoms with Crippen molar-refractivity contribution in [3.05, 3.63) is 45.6 Å². The summed E-state index contributed by atoms with van der Waals surface area (Å²) in [7, 11) is 0. The Kier molecular flexibility index (Phi) is 4.65. The number of aryl methyl sites for hydroxylation is 1. The largest absolute Gasteiger partial charge is 0.491 e. The third-order valence-corrected chi connectivity index (χ3v) is 3.78. The zero-order valence-corrected chi connectivity index (χ0v) is 12.8. The van der Waals surface area contributed by atoms with Crippen molar-refractivity contribution in [3.63, 3.8) is 0 Å². The van der Waals surface area contributed by atoms with Crippen LogP contribution in [0.25, 0.3) is 0 Å². The molecule has 0 saturated carbocycles. The number of ether oxygens (including phenoxy) is 1. The Labute approximate surface area is 123 Å². The van der Waals surface area contributed by atoms with E-state index >= 15 is 0 Å². The molecule has 0 bridgehead atoms. The number of anilines is 1. The molecule has 0 radical (unpaired) electrons. The Balaban J connectivity index is 2.01. The van der Waals surface area contributed by atoms with Crippen LogP contribution in [0.3, 0.4) is 0 Å². The van der Waals surface area contributed by atoms with Gasteiger partial charge in [0.05, 0.1) is 6.10 Å². The van der Waals surface area contributed by atoms with Crippen LogP contribution >= 0.6 is 11.3 Å². The van der Waals surface area contributed by atoms with Crippen LogP contribution < -0.4 is 10.1 Å². The van der Waals surface area contributed by atoms with Crippen LogP contribution in [0.1, 0.15) is 29.2 Å². The summed E-state index contributed by atoms with van der Waals surface area (Å²) in [6, 6.07) is 12.0. The maximum atomic E-state index is 8.81. The van der Waals surface area contributed by atoms with E-state index in [9.17, 15) is 0 Å². The number of hydrogen-bond donors (Lipinski definition) is 1. The molecule has 20 heavy (non-hydrogen) atoms. The van der Waals surface area contributed by atoms with Gasteiger partial charge in [-0.05, 0) is 56.7 Å². The SMILES string of the molecule is Cc1cc(OC(C)C)ccc1NCc1ccc(C#N)s1. The number of benzene rings is 1. The van der Waals surface area contributed by atoms with E-state index in [2.05, 4.69) is 18.3 Å². The van der Waals surface area contributed by atoms with Crippen LogP contribution in [-0.2, 0) is 6.54 Å². The summed E-state index contributed by atoms with van der Waals surface area (Å²) in [4.78, 5) is 1.91. The maximum absolute atomic E-state index is 8.81. The van der Waals surface area contributed by atoms with Crippen molar-refractivity contribution in [1.82, 2.24) is 0 Å². The molecule has 0 unspecified atom stereocenters. The van der Waals surface area contributed by atoms with E-state index in [1.54, 1.807) is 0 Å². The predicted octanol–water partition coefficient (Wildman–Crippen LogP) is 4.33. The third-order valence-electron chi connectivity index (χ3n) is 2.79. The van der Waals surface area contributed by atoms with Gasteiger partial charge in [0.25, 0.3) is 0 Å². The molecular formula is C16H18N2OS. The Morgan fingerprint density at radius 1 is 1.30 bits per heavy atom. The molecule has 1 N–H and O–H groups in total. The average Bonchev–Trinajstić information content (AvgIpc) is 2.85. The van der Waals surface area contributed by atoms with Gasteiger partial charge in [-0.3, -0.25) is 0 Å². The molecule has 104 valence electrons. The van der Waals surface area contributed by atoms with Gasteiger partial charge in [-0.15, -0.1) is 11.3 Å². The van der Waals surface area contributed by atoms with Crippen LogP contribution in [0.5, 0.6) is 5.75 Å². The zero-order chi connectivity index (χ0) is 14.5. The summed E-state index contributed by atoms with van der Waals surface area (Å²) >= 11 is 1.52. The second-order valence-electron chi connectivity index (χ2n) is 4.87. The molecule has 1 heterocycles. The van der Waals surface area contributed by atoms with Crippen molar-refractivity contribution in [2.45, 2.75) is 33.4 Å². The van der Waals surface area contributed by atoms with E-state index in [0.29, 0.717) is 0 Å². The van der Waals surface area contributed by atoms with Crippen LogP contribution in [-0.4, -0.2) is 6.10 Å². The first-order chi connectivity index (χ1) is 9.58. The lowest BCUT2D eigenvalue weighted by Crippen LogP contribution is -2.06. The van der Waals surface area contributed by atoms with Crippen LogP contribution in [0, 0.1) is 18.3 Å². The summed E-state index contributed by atoms with van der Waals surface area (Å²) < 4.78 is 5.67. The first-order valence-electron chi connectivity index (χ1n) is 6.58. The fraction of sp³-hybridized carbons (Fsp3) is 0.312. The van der Waals surface area contributed by atoms with Crippen molar-refractivity contribution >= 4 is 17.0 Å². The first-order valence-corrected chi connectivity index (χ1v) is 7.40. The molecule has 0 fully saturated rings. The van der Waals surface area contributed by atoms with Gasteiger partial charge >= 0.3 is 0 Å². The molecule has 2 rings (SSSR count). The quantitative estimate of drug-likeness (QED) is 0.890. The molecule has 0 spiro atoms. The lowest BCUT2D eigenvalue weighted by atomic mass is 10.2. The van der Waals surface area contributed by atoms with Gasteiger partial charge in [-0.25, -0.2) is 0 Å². The topological polar surface area (TPSA) is 45.0 Å². The minimum absolute atomic E-state index is 0.184. The van der Waals surface area contributed by atoms with Gasteiger partial charge in [0.1, 0.15) is 16.7 Å². The van der Waals surface area contributed by atoms with E-state index in [0.717, 1.165) is 33.3 Å². The Morgan fingerprint density at radius 3 is 2.70 bits per heavy atom. The smallest absolute Gasteiger partial charge is 0.120 e. The molecule has 3 nitrogen and oxygen atoms in total. The van der Waals surface area contributed by atoms with Gasteiger partial charge in [-0.1, -0.05) is 0 Å². The highest BCUT2D eigenvalue weighted by Crippen LogP contribution is 2.24. The second kappa shape index (κ2) is 6.44. The van der Waals surface area contributed by atoms with Crippen LogP contribution in [0.4, 0.5) is 5.69 Å². The standard InChI is InChI=1S/C16H18N2OS/c1-11(2)19-13-4-7-16(12(3)8-13)18-10-15-6-5-14(9-17)20-15/h4-8,11,18H,10H2,1-3H3. The molecule has 4 heteroatoms. The van der Waals surface area contributed by atoms with Gasteiger partial charge in [-0.2, -0.15) is 5.26 Å². The van der Waals surface area contributed by atoms with E-state index in [4.69, 9.17) is 10.00 Å². The highest BCUT2D eigenvalue weighted by molar-refractivity contribution is 7.12. The molecule has 0 aliphatic rings.